The zero-order valence-corrected chi connectivity index (χ0v) is 18.8. The van der Waals surface area contributed by atoms with E-state index in [1.807, 2.05) is 12.1 Å². The minimum absolute atomic E-state index is 0.0823. The van der Waals surface area contributed by atoms with Crippen LogP contribution in [0.3, 0.4) is 0 Å². The quantitative estimate of drug-likeness (QED) is 0.722. The highest BCUT2D eigenvalue weighted by molar-refractivity contribution is 6.00. The van der Waals surface area contributed by atoms with Gasteiger partial charge in [0, 0.05) is 50.6 Å². The molecule has 0 aliphatic carbocycles. The van der Waals surface area contributed by atoms with E-state index in [2.05, 4.69) is 16.7 Å². The lowest BCUT2D eigenvalue weighted by molar-refractivity contribution is -0.130. The van der Waals surface area contributed by atoms with E-state index in [9.17, 15) is 4.79 Å². The SMILES string of the molecule is CC1CCCCN1C1CCN(c2ccc(N3CCC4(CCOCC4)C3=O)c(F)c2)CC1. The van der Waals surface area contributed by atoms with Gasteiger partial charge in [-0.2, -0.15) is 0 Å². The van der Waals surface area contributed by atoms with Crippen LogP contribution in [0.15, 0.2) is 18.2 Å². The number of carbonyl (C=O) groups is 1. The minimum Gasteiger partial charge on any atom is -0.381 e. The normalized spacial score (nSPS) is 27.9. The second-order valence-corrected chi connectivity index (χ2v) is 10.0. The average Bonchev–Trinajstić information content (AvgIpc) is 3.10. The number of benzene rings is 1. The number of ether oxygens (including phenoxy) is 1. The molecule has 4 aliphatic heterocycles. The van der Waals surface area contributed by atoms with Gasteiger partial charge < -0.3 is 14.5 Å². The Bertz CT molecular complexity index is 802. The maximum absolute atomic E-state index is 15.2. The van der Waals surface area contributed by atoms with Crippen molar-refractivity contribution >= 4 is 17.3 Å². The highest BCUT2D eigenvalue weighted by atomic mass is 19.1. The van der Waals surface area contributed by atoms with Crippen molar-refractivity contribution in [3.8, 4) is 0 Å². The monoisotopic (exact) mass is 429 g/mol. The van der Waals surface area contributed by atoms with Gasteiger partial charge in [0.25, 0.3) is 0 Å². The Labute approximate surface area is 185 Å². The van der Waals surface area contributed by atoms with Crippen molar-refractivity contribution in [2.45, 2.75) is 70.4 Å². The predicted octanol–water partition coefficient (Wildman–Crippen LogP) is 4.20. The van der Waals surface area contributed by atoms with Gasteiger partial charge in [-0.3, -0.25) is 9.69 Å². The van der Waals surface area contributed by atoms with Gasteiger partial charge in [0.05, 0.1) is 11.1 Å². The molecular formula is C25H36FN3O2. The fourth-order valence-electron chi connectivity index (χ4n) is 6.31. The van der Waals surface area contributed by atoms with Crippen molar-refractivity contribution in [3.63, 3.8) is 0 Å². The molecule has 6 heteroatoms. The maximum Gasteiger partial charge on any atom is 0.233 e. The summed E-state index contributed by atoms with van der Waals surface area (Å²) in [6, 6.07) is 6.82. The second kappa shape index (κ2) is 8.70. The molecule has 0 saturated carbocycles. The topological polar surface area (TPSA) is 36.0 Å². The Kier molecular flexibility index (Phi) is 5.95. The number of hydrogen-bond acceptors (Lipinski definition) is 4. The lowest BCUT2D eigenvalue weighted by Crippen LogP contribution is -2.50. The number of carbonyl (C=O) groups excluding carboxylic acids is 1. The fraction of sp³-hybridized carbons (Fsp3) is 0.720. The molecule has 0 radical (unpaired) electrons. The van der Waals surface area contributed by atoms with E-state index < -0.39 is 0 Å². The smallest absolute Gasteiger partial charge is 0.233 e. The summed E-state index contributed by atoms with van der Waals surface area (Å²) in [5, 5.41) is 0. The molecule has 1 atom stereocenters. The first-order valence-electron chi connectivity index (χ1n) is 12.3. The van der Waals surface area contributed by atoms with Gasteiger partial charge in [0.1, 0.15) is 5.82 Å². The summed E-state index contributed by atoms with van der Waals surface area (Å²) >= 11 is 0. The third kappa shape index (κ3) is 3.97. The van der Waals surface area contributed by atoms with E-state index in [0.717, 1.165) is 50.9 Å². The first-order chi connectivity index (χ1) is 15.1. The zero-order chi connectivity index (χ0) is 21.4. The number of rotatable bonds is 3. The zero-order valence-electron chi connectivity index (χ0n) is 18.8. The van der Waals surface area contributed by atoms with Crippen LogP contribution in [0, 0.1) is 11.2 Å². The lowest BCUT2D eigenvalue weighted by Gasteiger charge is -2.44. The van der Waals surface area contributed by atoms with Gasteiger partial charge in [-0.25, -0.2) is 4.39 Å². The molecule has 170 valence electrons. The Morgan fingerprint density at radius 3 is 2.48 bits per heavy atom. The average molecular weight is 430 g/mol. The summed E-state index contributed by atoms with van der Waals surface area (Å²) in [5.74, 6) is -0.194. The standard InChI is InChI=1S/C25H36FN3O2/c1-19-4-2-3-12-28(19)20-7-13-27(14-8-20)21-5-6-23(22(26)18-21)29-15-9-25(24(29)30)10-16-31-17-11-25/h5-6,18-20H,2-4,7-17H2,1H3. The predicted molar refractivity (Wildman–Crippen MR) is 121 cm³/mol. The first kappa shape index (κ1) is 21.2. The maximum atomic E-state index is 15.2. The number of anilines is 2. The van der Waals surface area contributed by atoms with E-state index >= 15 is 4.39 Å². The minimum atomic E-state index is -0.336. The van der Waals surface area contributed by atoms with Crippen molar-refractivity contribution in [2.24, 2.45) is 5.41 Å². The van der Waals surface area contributed by atoms with Crippen molar-refractivity contribution in [1.29, 1.82) is 0 Å². The molecule has 0 aromatic heterocycles. The Morgan fingerprint density at radius 2 is 1.77 bits per heavy atom. The Morgan fingerprint density at radius 1 is 1.00 bits per heavy atom. The fourth-order valence-corrected chi connectivity index (χ4v) is 6.31. The van der Waals surface area contributed by atoms with E-state index in [1.54, 1.807) is 11.0 Å². The van der Waals surface area contributed by atoms with Crippen molar-refractivity contribution in [3.05, 3.63) is 24.0 Å². The van der Waals surface area contributed by atoms with Gasteiger partial charge in [-0.05, 0) is 76.6 Å². The van der Waals surface area contributed by atoms with Crippen LogP contribution in [0.2, 0.25) is 0 Å². The molecule has 1 aromatic rings. The van der Waals surface area contributed by atoms with E-state index in [-0.39, 0.29) is 17.1 Å². The molecule has 4 heterocycles. The molecule has 0 bridgehead atoms. The van der Waals surface area contributed by atoms with Crippen LogP contribution in [0.5, 0.6) is 0 Å². The number of hydrogen-bond donors (Lipinski definition) is 0. The van der Waals surface area contributed by atoms with E-state index in [4.69, 9.17) is 4.74 Å². The van der Waals surface area contributed by atoms with Crippen LogP contribution in [0.4, 0.5) is 15.8 Å². The molecule has 1 aromatic carbocycles. The molecule has 5 rings (SSSR count). The van der Waals surface area contributed by atoms with Crippen LogP contribution in [-0.2, 0) is 9.53 Å². The highest BCUT2D eigenvalue weighted by Gasteiger charge is 2.48. The Hall–Kier alpha value is -1.66. The molecule has 1 unspecified atom stereocenters. The Balaban J connectivity index is 1.24. The molecule has 5 nitrogen and oxygen atoms in total. The summed E-state index contributed by atoms with van der Waals surface area (Å²) in [7, 11) is 0. The lowest BCUT2D eigenvalue weighted by atomic mass is 9.79. The van der Waals surface area contributed by atoms with E-state index in [1.165, 1.54) is 25.8 Å². The van der Waals surface area contributed by atoms with Gasteiger partial charge in [-0.1, -0.05) is 6.42 Å². The number of likely N-dealkylation sites (tertiary alicyclic amines) is 1. The molecular weight excluding hydrogens is 393 g/mol. The largest absolute Gasteiger partial charge is 0.381 e. The molecule has 4 aliphatic rings. The first-order valence-corrected chi connectivity index (χ1v) is 12.3. The molecule has 1 amide bonds. The number of nitrogens with zero attached hydrogens (tertiary/aromatic N) is 3. The second-order valence-electron chi connectivity index (χ2n) is 10.0. The number of halogens is 1. The van der Waals surface area contributed by atoms with Gasteiger partial charge in [-0.15, -0.1) is 0 Å². The third-order valence-electron chi connectivity index (χ3n) is 8.34. The number of amides is 1. The van der Waals surface area contributed by atoms with Crippen LogP contribution in [-0.4, -0.2) is 62.3 Å². The third-order valence-corrected chi connectivity index (χ3v) is 8.34. The molecule has 4 saturated heterocycles. The molecule has 4 fully saturated rings. The summed E-state index contributed by atoms with van der Waals surface area (Å²) in [5.41, 5.74) is 1.05. The van der Waals surface area contributed by atoms with Gasteiger partial charge in [0.15, 0.2) is 0 Å². The molecule has 1 spiro atoms. The van der Waals surface area contributed by atoms with Crippen LogP contribution in [0.1, 0.15) is 58.3 Å². The van der Waals surface area contributed by atoms with Crippen molar-refractivity contribution < 1.29 is 13.9 Å². The summed E-state index contributed by atoms with van der Waals surface area (Å²) in [4.78, 5) is 19.8. The highest BCUT2D eigenvalue weighted by Crippen LogP contribution is 2.43. The van der Waals surface area contributed by atoms with Crippen molar-refractivity contribution in [1.82, 2.24) is 4.90 Å². The van der Waals surface area contributed by atoms with Crippen molar-refractivity contribution in [2.75, 3.05) is 49.2 Å². The molecule has 0 N–H and O–H groups in total. The van der Waals surface area contributed by atoms with Gasteiger partial charge >= 0.3 is 0 Å². The van der Waals surface area contributed by atoms with Gasteiger partial charge in [0.2, 0.25) is 5.91 Å². The summed E-state index contributed by atoms with van der Waals surface area (Å²) in [6.45, 7) is 7.40. The number of piperidine rings is 2. The summed E-state index contributed by atoms with van der Waals surface area (Å²) < 4.78 is 20.6. The van der Waals surface area contributed by atoms with E-state index in [0.29, 0.717) is 37.5 Å². The molecule has 31 heavy (non-hydrogen) atoms. The summed E-state index contributed by atoms with van der Waals surface area (Å²) in [6.07, 6.45) is 8.59. The van der Waals surface area contributed by atoms with Crippen LogP contribution < -0.4 is 9.80 Å². The van der Waals surface area contributed by atoms with Crippen LogP contribution >= 0.6 is 0 Å². The van der Waals surface area contributed by atoms with Crippen LogP contribution in [0.25, 0.3) is 0 Å².